The quantitative estimate of drug-likeness (QED) is 0.217. The number of pyridine rings is 1. The van der Waals surface area contributed by atoms with Gasteiger partial charge in [0.1, 0.15) is 10.8 Å². The molecular formula is C37H41N3OS. The van der Waals surface area contributed by atoms with E-state index in [4.69, 9.17) is 9.98 Å². The maximum Gasteiger partial charge on any atom is 0.128 e. The van der Waals surface area contributed by atoms with Gasteiger partial charge in [0, 0.05) is 46.4 Å². The highest BCUT2D eigenvalue weighted by Gasteiger charge is 2.25. The van der Waals surface area contributed by atoms with E-state index in [0.29, 0.717) is 0 Å². The van der Waals surface area contributed by atoms with Gasteiger partial charge in [0.15, 0.2) is 0 Å². The fourth-order valence-corrected chi connectivity index (χ4v) is 6.05. The van der Waals surface area contributed by atoms with Crippen LogP contribution in [-0.2, 0) is 16.2 Å². The van der Waals surface area contributed by atoms with Crippen LogP contribution in [-0.4, -0.2) is 21.3 Å². The summed E-state index contributed by atoms with van der Waals surface area (Å²) in [6.07, 6.45) is 5.50. The number of hydrogen-bond donors (Lipinski definition) is 1. The van der Waals surface area contributed by atoms with Gasteiger partial charge in [-0.15, -0.1) is 11.3 Å². The molecule has 216 valence electrons. The smallest absolute Gasteiger partial charge is 0.128 e. The summed E-state index contributed by atoms with van der Waals surface area (Å²) in [6, 6.07) is 20.9. The first-order valence-corrected chi connectivity index (χ1v) is 15.3. The van der Waals surface area contributed by atoms with Crippen molar-refractivity contribution >= 4 is 33.5 Å². The lowest BCUT2D eigenvalue weighted by Gasteiger charge is -2.27. The molecule has 0 radical (unpaired) electrons. The lowest BCUT2D eigenvalue weighted by Crippen LogP contribution is -2.17. The maximum atomic E-state index is 11.3. The molecule has 5 rings (SSSR count). The Morgan fingerprint density at radius 1 is 0.762 bits per heavy atom. The third kappa shape index (κ3) is 6.03. The van der Waals surface area contributed by atoms with Crippen molar-refractivity contribution in [3.8, 4) is 27.4 Å². The van der Waals surface area contributed by atoms with E-state index in [-0.39, 0.29) is 22.0 Å². The molecule has 1 N–H and O–H groups in total. The number of nitrogens with zero attached hydrogens (tertiary/aromatic N) is 3. The van der Waals surface area contributed by atoms with Gasteiger partial charge in [-0.3, -0.25) is 9.98 Å². The van der Waals surface area contributed by atoms with Gasteiger partial charge in [0.2, 0.25) is 0 Å². The summed E-state index contributed by atoms with van der Waals surface area (Å²) in [4.78, 5) is 14.5. The maximum absolute atomic E-state index is 11.3. The molecule has 3 aromatic carbocycles. The number of benzene rings is 3. The highest BCUT2D eigenvalue weighted by Crippen LogP contribution is 2.42. The van der Waals surface area contributed by atoms with Gasteiger partial charge in [-0.2, -0.15) is 0 Å². The van der Waals surface area contributed by atoms with E-state index in [1.165, 1.54) is 11.1 Å². The van der Waals surface area contributed by atoms with Crippen LogP contribution in [0.1, 0.15) is 84.6 Å². The average molecular weight is 576 g/mol. The van der Waals surface area contributed by atoms with Crippen molar-refractivity contribution in [1.29, 1.82) is 0 Å². The topological polar surface area (TPSA) is 58.4 Å². The molecule has 0 aliphatic heterocycles. The van der Waals surface area contributed by atoms with Crippen LogP contribution in [0.4, 0.5) is 5.69 Å². The van der Waals surface area contributed by atoms with Gasteiger partial charge >= 0.3 is 0 Å². The molecular weight excluding hydrogens is 534 g/mol. The highest BCUT2D eigenvalue weighted by atomic mass is 32.1. The number of aliphatic imine (C=N–C) groups is 1. The zero-order valence-corrected chi connectivity index (χ0v) is 27.0. The third-order valence-corrected chi connectivity index (χ3v) is 8.66. The standard InChI is InChI=1S/C37H41N3OS/c1-35(2,3)25-17-24(33(41)29(19-25)37(7,8)9)22-39-30-15-11-10-14-27(30)34-40-32-28(23-13-12-16-38-21-23)18-26(36(4,5)6)20-31(32)42-34/h10-22,41H,1-9H3. The normalized spacial score (nSPS) is 12.9. The molecule has 5 heteroatoms. The van der Waals surface area contributed by atoms with Gasteiger partial charge in [0.05, 0.1) is 15.9 Å². The molecule has 0 saturated carbocycles. The van der Waals surface area contributed by atoms with Crippen LogP contribution in [0.25, 0.3) is 31.9 Å². The number of para-hydroxylation sites is 1. The molecule has 42 heavy (non-hydrogen) atoms. The minimum Gasteiger partial charge on any atom is -0.507 e. The van der Waals surface area contributed by atoms with Crippen LogP contribution in [0.3, 0.4) is 0 Å². The lowest BCUT2D eigenvalue weighted by molar-refractivity contribution is 0.444. The second-order valence-corrected chi connectivity index (χ2v) is 15.1. The molecule has 0 saturated heterocycles. The van der Waals surface area contributed by atoms with Crippen molar-refractivity contribution in [3.63, 3.8) is 0 Å². The van der Waals surface area contributed by atoms with Gasteiger partial charge < -0.3 is 5.11 Å². The zero-order valence-electron chi connectivity index (χ0n) is 26.2. The molecule has 0 fully saturated rings. The van der Waals surface area contributed by atoms with Gasteiger partial charge in [-0.1, -0.05) is 86.6 Å². The Kier molecular flexibility index (Phi) is 7.61. The van der Waals surface area contributed by atoms with E-state index < -0.39 is 0 Å². The number of aromatic nitrogens is 2. The number of phenols is 1. The monoisotopic (exact) mass is 575 g/mol. The Morgan fingerprint density at radius 2 is 1.45 bits per heavy atom. The van der Waals surface area contributed by atoms with Crippen LogP contribution in [0.2, 0.25) is 0 Å². The number of hydrogen-bond acceptors (Lipinski definition) is 5. The van der Waals surface area contributed by atoms with E-state index in [1.807, 2.05) is 30.5 Å². The zero-order chi connectivity index (χ0) is 30.4. The predicted molar refractivity (Wildman–Crippen MR) is 180 cm³/mol. The molecule has 0 bridgehead atoms. The first kappa shape index (κ1) is 29.7. The minimum atomic E-state index is -0.204. The Hall–Kier alpha value is -3.83. The Balaban J connectivity index is 1.64. The molecule has 4 nitrogen and oxygen atoms in total. The summed E-state index contributed by atoms with van der Waals surface area (Å²) >= 11 is 1.69. The highest BCUT2D eigenvalue weighted by molar-refractivity contribution is 7.21. The summed E-state index contributed by atoms with van der Waals surface area (Å²) in [7, 11) is 0. The SMILES string of the molecule is CC(C)(C)c1cc(C=Nc2ccccc2-c2nc3c(-c4cccnc4)cc(C(C)(C)C)cc3s2)c(O)c(C(C)(C)C)c1. The number of thiazole rings is 1. The van der Waals surface area contributed by atoms with Gasteiger partial charge in [-0.05, 0) is 63.8 Å². The molecule has 2 aromatic heterocycles. The summed E-state index contributed by atoms with van der Waals surface area (Å²) in [5.41, 5.74) is 8.70. The van der Waals surface area contributed by atoms with Crippen LogP contribution in [0.5, 0.6) is 5.75 Å². The first-order valence-electron chi connectivity index (χ1n) is 14.5. The third-order valence-electron chi connectivity index (χ3n) is 7.62. The fraction of sp³-hybridized carbons (Fsp3) is 0.324. The van der Waals surface area contributed by atoms with E-state index in [0.717, 1.165) is 48.7 Å². The molecule has 5 aromatic rings. The van der Waals surface area contributed by atoms with Crippen LogP contribution >= 0.6 is 11.3 Å². The largest absolute Gasteiger partial charge is 0.507 e. The summed E-state index contributed by atoms with van der Waals surface area (Å²) in [6.45, 7) is 19.7. The molecule has 0 amide bonds. The summed E-state index contributed by atoms with van der Waals surface area (Å²) < 4.78 is 1.14. The van der Waals surface area contributed by atoms with Crippen molar-refractivity contribution in [2.24, 2.45) is 4.99 Å². The lowest BCUT2D eigenvalue weighted by atomic mass is 9.79. The second kappa shape index (κ2) is 10.8. The van der Waals surface area contributed by atoms with E-state index in [1.54, 1.807) is 23.7 Å². The predicted octanol–water partition coefficient (Wildman–Crippen LogP) is 10.4. The Labute approximate surface area is 254 Å². The Bertz CT molecular complexity index is 1780. The van der Waals surface area contributed by atoms with E-state index >= 15 is 0 Å². The van der Waals surface area contributed by atoms with Crippen molar-refractivity contribution in [2.45, 2.75) is 78.6 Å². The first-order chi connectivity index (χ1) is 19.6. The molecule has 0 atom stereocenters. The molecule has 0 aliphatic carbocycles. The minimum absolute atomic E-state index is 0.00694. The molecule has 0 aliphatic rings. The molecule has 0 spiro atoms. The average Bonchev–Trinajstić information content (AvgIpc) is 3.35. The van der Waals surface area contributed by atoms with Crippen LogP contribution < -0.4 is 0 Å². The molecule has 0 unspecified atom stereocenters. The van der Waals surface area contributed by atoms with Crippen molar-refractivity contribution in [2.75, 3.05) is 0 Å². The van der Waals surface area contributed by atoms with Crippen molar-refractivity contribution in [1.82, 2.24) is 9.97 Å². The summed E-state index contributed by atoms with van der Waals surface area (Å²) in [5.74, 6) is 0.285. The van der Waals surface area contributed by atoms with Crippen LogP contribution in [0.15, 0.2) is 78.0 Å². The number of fused-ring (bicyclic) bond motifs is 1. The van der Waals surface area contributed by atoms with Crippen LogP contribution in [0, 0.1) is 0 Å². The van der Waals surface area contributed by atoms with Gasteiger partial charge in [0.25, 0.3) is 0 Å². The van der Waals surface area contributed by atoms with E-state index in [2.05, 4.69) is 104 Å². The molecule has 2 heterocycles. The Morgan fingerprint density at radius 3 is 2.10 bits per heavy atom. The number of phenolic OH excluding ortho intramolecular Hbond substituents is 1. The number of aromatic hydroxyl groups is 1. The van der Waals surface area contributed by atoms with E-state index in [9.17, 15) is 5.11 Å². The summed E-state index contributed by atoms with van der Waals surface area (Å²) in [5, 5.41) is 12.2. The van der Waals surface area contributed by atoms with Crippen molar-refractivity contribution < 1.29 is 5.11 Å². The second-order valence-electron chi connectivity index (χ2n) is 14.1. The van der Waals surface area contributed by atoms with Gasteiger partial charge in [-0.25, -0.2) is 4.98 Å². The van der Waals surface area contributed by atoms with Crippen molar-refractivity contribution in [3.05, 3.63) is 95.3 Å². The fourth-order valence-electron chi connectivity index (χ4n) is 4.99. The number of rotatable bonds is 4.